The zero-order valence-electron chi connectivity index (χ0n) is 18.5. The zero-order chi connectivity index (χ0) is 26.6. The second-order valence-electron chi connectivity index (χ2n) is 7.77. The summed E-state index contributed by atoms with van der Waals surface area (Å²) in [5, 5.41) is 14.7. The van der Waals surface area contributed by atoms with Gasteiger partial charge in [0.25, 0.3) is 0 Å². The summed E-state index contributed by atoms with van der Waals surface area (Å²) < 4.78 is 87.1. The van der Waals surface area contributed by atoms with Crippen molar-refractivity contribution in [1.29, 1.82) is 0 Å². The van der Waals surface area contributed by atoms with Gasteiger partial charge in [0, 0.05) is 29.4 Å². The highest BCUT2D eigenvalue weighted by Crippen LogP contribution is 2.41. The fraction of sp³-hybridized carbons (Fsp3) is 0.409. The third kappa shape index (κ3) is 7.63. The van der Waals surface area contributed by atoms with E-state index >= 15 is 0 Å². The number of alkyl halides is 6. The van der Waals surface area contributed by atoms with E-state index in [1.807, 2.05) is 0 Å². The quantitative estimate of drug-likeness (QED) is 0.342. The summed E-state index contributed by atoms with van der Waals surface area (Å²) in [6.07, 6.45) is -10.6. The summed E-state index contributed by atoms with van der Waals surface area (Å²) >= 11 is 11.5. The van der Waals surface area contributed by atoms with Crippen molar-refractivity contribution in [3.05, 3.63) is 63.1 Å². The molecule has 0 bridgehead atoms. The lowest BCUT2D eigenvalue weighted by Gasteiger charge is -2.32. The van der Waals surface area contributed by atoms with Gasteiger partial charge in [0.2, 0.25) is 11.5 Å². The molecule has 0 radical (unpaired) electrons. The standard InChI is InChI=1S/C22H22Cl2F6N2O3/c1-12(35-2)5-19(33)31-10-13-3-4-17(9-18(13)21(25,26)27)32-11-20(34,22(28,29)30)14-6-15(23)8-16(24)7-14/h3-4,6-9,12,32,34H,5,10-11H2,1-2H3,(H,31,33)/t12-,20-/m1/s1. The van der Waals surface area contributed by atoms with Crippen LogP contribution < -0.4 is 10.6 Å². The number of benzene rings is 2. The van der Waals surface area contributed by atoms with Crippen LogP contribution >= 0.6 is 23.2 Å². The lowest BCUT2D eigenvalue weighted by molar-refractivity contribution is -0.260. The fourth-order valence-corrected chi connectivity index (χ4v) is 3.63. The van der Waals surface area contributed by atoms with Gasteiger partial charge in [-0.25, -0.2) is 0 Å². The molecule has 3 N–H and O–H groups in total. The molecule has 13 heteroatoms. The van der Waals surface area contributed by atoms with Crippen LogP contribution in [0.3, 0.4) is 0 Å². The molecule has 194 valence electrons. The Labute approximate surface area is 207 Å². The average molecular weight is 547 g/mol. The molecule has 0 aliphatic rings. The van der Waals surface area contributed by atoms with Crippen LogP contribution in [0.1, 0.15) is 30.0 Å². The second kappa shape index (κ2) is 11.2. The molecule has 0 fully saturated rings. The van der Waals surface area contributed by atoms with E-state index in [1.165, 1.54) is 13.2 Å². The van der Waals surface area contributed by atoms with E-state index < -0.39 is 54.2 Å². The van der Waals surface area contributed by atoms with Crippen LogP contribution in [0.5, 0.6) is 0 Å². The number of methoxy groups -OCH3 is 1. The summed E-state index contributed by atoms with van der Waals surface area (Å²) in [4.78, 5) is 11.9. The first-order chi connectivity index (χ1) is 16.1. The Morgan fingerprint density at radius 3 is 2.17 bits per heavy atom. The minimum atomic E-state index is -5.22. The van der Waals surface area contributed by atoms with Crippen molar-refractivity contribution in [3.63, 3.8) is 0 Å². The lowest BCUT2D eigenvalue weighted by atomic mass is 9.92. The molecule has 35 heavy (non-hydrogen) atoms. The summed E-state index contributed by atoms with van der Waals surface area (Å²) in [5.74, 6) is -0.537. The van der Waals surface area contributed by atoms with Crippen molar-refractivity contribution in [2.24, 2.45) is 0 Å². The van der Waals surface area contributed by atoms with E-state index in [0.717, 1.165) is 24.3 Å². The number of hydrogen-bond donors (Lipinski definition) is 3. The summed E-state index contributed by atoms with van der Waals surface area (Å²) in [6.45, 7) is -0.0754. The van der Waals surface area contributed by atoms with Crippen LogP contribution in [0.25, 0.3) is 0 Å². The summed E-state index contributed by atoms with van der Waals surface area (Å²) in [7, 11) is 1.38. The summed E-state index contributed by atoms with van der Waals surface area (Å²) in [5.41, 5.74) is -5.99. The second-order valence-corrected chi connectivity index (χ2v) is 8.64. The van der Waals surface area contributed by atoms with Crippen LogP contribution in [0.2, 0.25) is 10.0 Å². The van der Waals surface area contributed by atoms with Gasteiger partial charge >= 0.3 is 12.4 Å². The van der Waals surface area contributed by atoms with Gasteiger partial charge < -0.3 is 20.5 Å². The van der Waals surface area contributed by atoms with E-state index in [2.05, 4.69) is 10.6 Å². The highest BCUT2D eigenvalue weighted by molar-refractivity contribution is 6.34. The third-order valence-electron chi connectivity index (χ3n) is 5.12. The van der Waals surface area contributed by atoms with Crippen LogP contribution in [0, 0.1) is 0 Å². The highest BCUT2D eigenvalue weighted by atomic mass is 35.5. The molecule has 0 saturated heterocycles. The number of nitrogens with one attached hydrogen (secondary N) is 2. The Hall–Kier alpha value is -2.21. The Kier molecular flexibility index (Phi) is 9.32. The number of ether oxygens (including phenoxy) is 1. The van der Waals surface area contributed by atoms with Gasteiger partial charge in [-0.2, -0.15) is 26.3 Å². The average Bonchev–Trinajstić information content (AvgIpc) is 2.74. The van der Waals surface area contributed by atoms with Crippen molar-refractivity contribution in [2.45, 2.75) is 43.9 Å². The largest absolute Gasteiger partial charge is 0.423 e. The smallest absolute Gasteiger partial charge is 0.381 e. The predicted octanol–water partition coefficient (Wildman–Crippen LogP) is 5.92. The van der Waals surface area contributed by atoms with Crippen molar-refractivity contribution in [2.75, 3.05) is 19.0 Å². The van der Waals surface area contributed by atoms with Gasteiger partial charge in [0.1, 0.15) is 0 Å². The summed E-state index contributed by atoms with van der Waals surface area (Å²) in [6, 6.07) is 5.62. The number of hydrogen-bond acceptors (Lipinski definition) is 4. The molecule has 1 amide bonds. The molecule has 0 aliphatic carbocycles. The Morgan fingerprint density at radius 2 is 1.66 bits per heavy atom. The van der Waals surface area contributed by atoms with Crippen molar-refractivity contribution < 1.29 is 41.0 Å². The zero-order valence-corrected chi connectivity index (χ0v) is 20.0. The SMILES string of the molecule is CO[C@H](C)CC(=O)NCc1ccc(NC[C@@](O)(c2cc(Cl)cc(Cl)c2)C(F)(F)F)cc1C(F)(F)F. The number of aliphatic hydroxyl groups is 1. The molecule has 0 spiro atoms. The topological polar surface area (TPSA) is 70.6 Å². The van der Waals surface area contributed by atoms with E-state index in [1.54, 1.807) is 6.92 Å². The molecule has 2 atom stereocenters. The monoisotopic (exact) mass is 546 g/mol. The van der Waals surface area contributed by atoms with Gasteiger partial charge in [0.05, 0.1) is 24.6 Å². The normalized spacial score (nSPS) is 14.8. The molecule has 5 nitrogen and oxygen atoms in total. The number of carbonyl (C=O) groups excluding carboxylic acids is 1. The molecule has 2 aromatic carbocycles. The van der Waals surface area contributed by atoms with Gasteiger partial charge in [-0.05, 0) is 48.4 Å². The van der Waals surface area contributed by atoms with Crippen molar-refractivity contribution in [1.82, 2.24) is 5.32 Å². The number of rotatable bonds is 9. The first-order valence-electron chi connectivity index (χ1n) is 10.1. The van der Waals surface area contributed by atoms with Crippen LogP contribution in [0.15, 0.2) is 36.4 Å². The number of amides is 1. The first-order valence-corrected chi connectivity index (χ1v) is 10.8. The highest BCUT2D eigenvalue weighted by Gasteiger charge is 2.55. The molecule has 2 rings (SSSR count). The van der Waals surface area contributed by atoms with E-state index in [4.69, 9.17) is 27.9 Å². The van der Waals surface area contributed by atoms with Gasteiger partial charge in [-0.3, -0.25) is 4.79 Å². The van der Waals surface area contributed by atoms with Crippen molar-refractivity contribution >= 4 is 34.8 Å². The van der Waals surface area contributed by atoms with Gasteiger partial charge in [-0.15, -0.1) is 0 Å². The molecule has 2 aromatic rings. The minimum absolute atomic E-state index is 0.0684. The lowest BCUT2D eigenvalue weighted by Crippen LogP contribution is -2.47. The molecule has 0 aliphatic heterocycles. The van der Waals surface area contributed by atoms with Crippen LogP contribution in [-0.4, -0.2) is 36.9 Å². The van der Waals surface area contributed by atoms with Gasteiger partial charge in [-0.1, -0.05) is 29.3 Å². The molecule has 0 aromatic heterocycles. The maximum atomic E-state index is 13.8. The van der Waals surface area contributed by atoms with Crippen LogP contribution in [0.4, 0.5) is 32.0 Å². The van der Waals surface area contributed by atoms with Gasteiger partial charge in [0.15, 0.2) is 0 Å². The van der Waals surface area contributed by atoms with E-state index in [-0.39, 0.29) is 27.7 Å². The fourth-order valence-electron chi connectivity index (χ4n) is 3.10. The molecule has 0 saturated carbocycles. The Bertz CT molecular complexity index is 1030. The number of halogens is 8. The maximum Gasteiger partial charge on any atom is 0.423 e. The minimum Gasteiger partial charge on any atom is -0.381 e. The molecular formula is C22H22Cl2F6N2O3. The van der Waals surface area contributed by atoms with E-state index in [9.17, 15) is 36.2 Å². The van der Waals surface area contributed by atoms with Crippen LogP contribution in [-0.2, 0) is 27.9 Å². The third-order valence-corrected chi connectivity index (χ3v) is 5.56. The Morgan fingerprint density at radius 1 is 1.06 bits per heavy atom. The molecular weight excluding hydrogens is 525 g/mol. The molecule has 0 unspecified atom stereocenters. The predicted molar refractivity (Wildman–Crippen MR) is 119 cm³/mol. The number of carbonyl (C=O) groups is 1. The Balaban J connectivity index is 2.29. The number of anilines is 1. The van der Waals surface area contributed by atoms with Crippen molar-refractivity contribution in [3.8, 4) is 0 Å². The maximum absolute atomic E-state index is 13.8. The first kappa shape index (κ1) is 29.0. The molecule has 0 heterocycles. The van der Waals surface area contributed by atoms with E-state index in [0.29, 0.717) is 6.07 Å².